The molecule has 54 heavy (non-hydrogen) atoms. The van der Waals surface area contributed by atoms with E-state index in [2.05, 4.69) is 35.9 Å². The first-order valence-corrected chi connectivity index (χ1v) is 19.3. The minimum atomic E-state index is -4.26. The molecule has 0 bridgehead atoms. The predicted molar refractivity (Wildman–Crippen MR) is 198 cm³/mol. The van der Waals surface area contributed by atoms with Crippen LogP contribution < -0.4 is 21.7 Å². The Bertz CT molecular complexity index is 1990. The van der Waals surface area contributed by atoms with Gasteiger partial charge in [0.1, 0.15) is 40.6 Å². The second-order valence-electron chi connectivity index (χ2n) is 13.6. The number of anilines is 2. The van der Waals surface area contributed by atoms with Crippen molar-refractivity contribution in [2.75, 3.05) is 10.6 Å². The van der Waals surface area contributed by atoms with Gasteiger partial charge in [-0.3, -0.25) is 0 Å². The van der Waals surface area contributed by atoms with Gasteiger partial charge in [-0.2, -0.15) is 26.3 Å². The number of amides is 1. The summed E-state index contributed by atoms with van der Waals surface area (Å²) in [5.74, 6) is 1.13. The van der Waals surface area contributed by atoms with E-state index >= 15 is 0 Å². The number of hydrogen-bond acceptors (Lipinski definition) is 11. The van der Waals surface area contributed by atoms with Crippen LogP contribution in [0.3, 0.4) is 0 Å². The van der Waals surface area contributed by atoms with Crippen molar-refractivity contribution in [2.45, 2.75) is 107 Å². The van der Waals surface area contributed by atoms with Gasteiger partial charge in [0.15, 0.2) is 0 Å². The molecule has 0 spiro atoms. The van der Waals surface area contributed by atoms with Gasteiger partial charge in [-0.1, -0.05) is 30.3 Å². The number of aromatic nitrogens is 4. The highest BCUT2D eigenvalue weighted by Crippen LogP contribution is 2.35. The third kappa shape index (κ3) is 11.6. The number of rotatable bonds is 9. The van der Waals surface area contributed by atoms with Gasteiger partial charge in [0.2, 0.25) is 0 Å². The van der Waals surface area contributed by atoms with Gasteiger partial charge >= 0.3 is 18.4 Å². The van der Waals surface area contributed by atoms with Crippen LogP contribution in [0.2, 0.25) is 0 Å². The van der Waals surface area contributed by atoms with E-state index in [1.807, 2.05) is 30.3 Å². The summed E-state index contributed by atoms with van der Waals surface area (Å²) < 4.78 is 81.1. The lowest BCUT2D eigenvalue weighted by molar-refractivity contribution is -0.127. The number of alkyl carbamates (subject to hydrolysis) is 1. The van der Waals surface area contributed by atoms with Crippen molar-refractivity contribution in [3.8, 4) is 0 Å². The zero-order valence-electron chi connectivity index (χ0n) is 29.1. The number of halogens is 6. The number of alkyl halides is 6. The van der Waals surface area contributed by atoms with Crippen molar-refractivity contribution >= 4 is 60.8 Å². The fourth-order valence-electron chi connectivity index (χ4n) is 6.74. The molecule has 0 aliphatic heterocycles. The number of carbonyl (C=O) groups is 1. The molecule has 5 aromatic rings. The molecule has 0 saturated heterocycles. The summed E-state index contributed by atoms with van der Waals surface area (Å²) in [7, 11) is 0. The molecular formula is C36H40F6N8O2S2. The van der Waals surface area contributed by atoms with E-state index in [4.69, 9.17) is 10.5 Å². The number of nitrogens with one attached hydrogen (secondary N) is 3. The lowest BCUT2D eigenvalue weighted by Gasteiger charge is -2.30. The molecule has 7 rings (SSSR count). The van der Waals surface area contributed by atoms with Crippen molar-refractivity contribution in [3.63, 3.8) is 0 Å². The highest BCUT2D eigenvalue weighted by atomic mass is 32.1. The number of nitrogens with zero attached hydrogens (tertiary/aromatic N) is 4. The van der Waals surface area contributed by atoms with Crippen LogP contribution in [0.5, 0.6) is 0 Å². The minimum Gasteiger partial charge on any atom is -0.445 e. The molecule has 290 valence electrons. The van der Waals surface area contributed by atoms with Crippen molar-refractivity contribution in [3.05, 3.63) is 70.4 Å². The number of nitrogens with two attached hydrogens (primary N) is 1. The third-order valence-corrected chi connectivity index (χ3v) is 11.2. The summed E-state index contributed by atoms with van der Waals surface area (Å²) in [6, 6.07) is 12.9. The topological polar surface area (TPSA) is 140 Å². The predicted octanol–water partition coefficient (Wildman–Crippen LogP) is 8.92. The Morgan fingerprint density at radius 1 is 0.741 bits per heavy atom. The standard InChI is InChI=1S/C22H23F3N4O2S.C14H17F3N4S/c23-22(24,25)11-17-10-18-19(26-13-27-20(18)32-17)28-15-7-4-8-16(9-15)29-21(30)31-12-14-5-2-1-3-6-14;15-14(16,17)6-10-5-11-12(19-7-20-13(11)22-10)21-9-3-1-2-8(18)4-9/h1-3,5-6,10,13,15-16H,4,7-9,11-12H2,(H,29,30)(H,26,27,28);5,7-9H,1-4,6,18H2,(H,19,20,21)/t15-,16+;8-,9+/m10/s1. The number of benzene rings is 1. The maximum atomic E-state index is 12.8. The molecule has 4 atom stereocenters. The molecule has 10 nitrogen and oxygen atoms in total. The Kier molecular flexibility index (Phi) is 12.7. The Morgan fingerprint density at radius 2 is 1.26 bits per heavy atom. The number of ether oxygens (including phenoxy) is 1. The smallest absolute Gasteiger partial charge is 0.407 e. The summed E-state index contributed by atoms with van der Waals surface area (Å²) in [5, 5.41) is 10.8. The van der Waals surface area contributed by atoms with Crippen molar-refractivity contribution in [2.24, 2.45) is 5.73 Å². The normalized spacial score (nSPS) is 20.6. The van der Waals surface area contributed by atoms with E-state index in [-0.39, 0.29) is 40.5 Å². The molecule has 4 aromatic heterocycles. The first-order chi connectivity index (χ1) is 25.8. The molecule has 4 heterocycles. The SMILES string of the molecule is N[C@H]1CCC[C@@H](Nc2ncnc3sc(CC(F)(F)F)cc23)C1.O=C(N[C@H]1CCC[C@@H](Nc2ncnc3sc(CC(F)(F)F)cc23)C1)OCc1ccccc1. The maximum absolute atomic E-state index is 12.8. The Hall–Kier alpha value is -4.29. The molecule has 2 aliphatic carbocycles. The minimum absolute atomic E-state index is 0.0345. The summed E-state index contributed by atoms with van der Waals surface area (Å²) in [4.78, 5) is 30.4. The van der Waals surface area contributed by atoms with Crippen LogP contribution in [0.15, 0.2) is 55.1 Å². The van der Waals surface area contributed by atoms with Gasteiger partial charge in [-0.15, -0.1) is 22.7 Å². The second-order valence-corrected chi connectivity index (χ2v) is 15.8. The molecule has 18 heteroatoms. The molecule has 2 aliphatic rings. The van der Waals surface area contributed by atoms with Crippen LogP contribution in [-0.2, 0) is 24.2 Å². The van der Waals surface area contributed by atoms with Crippen LogP contribution in [0.25, 0.3) is 20.4 Å². The fourth-order valence-corrected chi connectivity index (χ4v) is 8.79. The number of hydrogen-bond donors (Lipinski definition) is 4. The van der Waals surface area contributed by atoms with E-state index in [9.17, 15) is 31.1 Å². The Labute approximate surface area is 315 Å². The van der Waals surface area contributed by atoms with Crippen LogP contribution in [0.4, 0.5) is 42.8 Å². The van der Waals surface area contributed by atoms with Gasteiger partial charge < -0.3 is 26.4 Å². The molecule has 2 fully saturated rings. The quantitative estimate of drug-likeness (QED) is 0.108. The number of fused-ring (bicyclic) bond motifs is 2. The molecule has 1 aromatic carbocycles. The van der Waals surface area contributed by atoms with Crippen molar-refractivity contribution in [1.82, 2.24) is 25.3 Å². The Morgan fingerprint density at radius 3 is 1.80 bits per heavy atom. The van der Waals surface area contributed by atoms with Crippen molar-refractivity contribution in [1.29, 1.82) is 0 Å². The van der Waals surface area contributed by atoms with Crippen LogP contribution >= 0.6 is 22.7 Å². The lowest BCUT2D eigenvalue weighted by atomic mass is 9.91. The molecule has 0 unspecified atom stereocenters. The average Bonchev–Trinajstić information content (AvgIpc) is 3.71. The zero-order valence-corrected chi connectivity index (χ0v) is 30.7. The average molecular weight is 795 g/mol. The highest BCUT2D eigenvalue weighted by molar-refractivity contribution is 7.19. The van der Waals surface area contributed by atoms with E-state index in [1.54, 1.807) is 6.07 Å². The first-order valence-electron chi connectivity index (χ1n) is 17.6. The summed E-state index contributed by atoms with van der Waals surface area (Å²) in [6.07, 6.45) is -0.880. The maximum Gasteiger partial charge on any atom is 0.407 e. The summed E-state index contributed by atoms with van der Waals surface area (Å²) >= 11 is 2.09. The van der Waals surface area contributed by atoms with E-state index in [0.29, 0.717) is 38.5 Å². The molecule has 1 amide bonds. The second kappa shape index (κ2) is 17.5. The van der Waals surface area contributed by atoms with Crippen molar-refractivity contribution < 1.29 is 35.9 Å². The summed E-state index contributed by atoms with van der Waals surface area (Å²) in [6.45, 7) is 0.207. The van der Waals surface area contributed by atoms with Gasteiger partial charge in [0.25, 0.3) is 0 Å². The van der Waals surface area contributed by atoms with Crippen LogP contribution in [0.1, 0.15) is 66.7 Å². The number of thiophene rings is 2. The molecular weight excluding hydrogens is 755 g/mol. The van der Waals surface area contributed by atoms with E-state index in [1.165, 1.54) is 18.7 Å². The summed E-state index contributed by atoms with van der Waals surface area (Å²) in [5.41, 5.74) is 6.89. The van der Waals surface area contributed by atoms with Gasteiger partial charge in [-0.05, 0) is 69.1 Å². The van der Waals surface area contributed by atoms with Gasteiger partial charge in [0, 0.05) is 33.9 Å². The largest absolute Gasteiger partial charge is 0.445 e. The van der Waals surface area contributed by atoms with E-state index in [0.717, 1.165) is 73.2 Å². The molecule has 2 saturated carbocycles. The van der Waals surface area contributed by atoms with Gasteiger partial charge in [-0.25, -0.2) is 24.7 Å². The third-order valence-electron chi connectivity index (χ3n) is 9.12. The fraction of sp³-hybridized carbons (Fsp3) is 0.472. The zero-order chi connectivity index (χ0) is 38.3. The van der Waals surface area contributed by atoms with Crippen LogP contribution in [-0.4, -0.2) is 62.5 Å². The Balaban J connectivity index is 0.000000197. The van der Waals surface area contributed by atoms with E-state index < -0.39 is 31.3 Å². The number of carbonyl (C=O) groups excluding carboxylic acids is 1. The van der Waals surface area contributed by atoms with Gasteiger partial charge in [0.05, 0.1) is 23.6 Å². The molecule has 5 N–H and O–H groups in total. The van der Waals surface area contributed by atoms with Crippen LogP contribution in [0, 0.1) is 0 Å². The monoisotopic (exact) mass is 794 g/mol. The first kappa shape index (κ1) is 39.4. The highest BCUT2D eigenvalue weighted by Gasteiger charge is 2.31. The molecule has 0 radical (unpaired) electrons. The lowest BCUT2D eigenvalue weighted by Crippen LogP contribution is -2.42.